The number of nitrogens with zero attached hydrogens (tertiary/aromatic N) is 1. The van der Waals surface area contributed by atoms with Crippen molar-refractivity contribution in [1.82, 2.24) is 10.2 Å². The second kappa shape index (κ2) is 6.58. The maximum atomic E-state index is 3.66. The third-order valence-corrected chi connectivity index (χ3v) is 6.16. The Labute approximate surface area is 120 Å². The van der Waals surface area contributed by atoms with Crippen molar-refractivity contribution in [3.8, 4) is 0 Å². The molecule has 2 aliphatic rings. The van der Waals surface area contributed by atoms with Gasteiger partial charge in [-0.25, -0.2) is 0 Å². The number of nitrogens with one attached hydrogen (secondary N) is 1. The van der Waals surface area contributed by atoms with Crippen LogP contribution in [0.2, 0.25) is 0 Å². The Morgan fingerprint density at radius 2 is 1.63 bits per heavy atom. The highest BCUT2D eigenvalue weighted by atomic mass is 15.1. The fraction of sp³-hybridized carbons (Fsp3) is 1.00. The summed E-state index contributed by atoms with van der Waals surface area (Å²) in [6.07, 6.45) is 12.6. The Hall–Kier alpha value is -0.0800. The van der Waals surface area contributed by atoms with Gasteiger partial charge in [0.25, 0.3) is 0 Å². The van der Waals surface area contributed by atoms with Gasteiger partial charge >= 0.3 is 0 Å². The molecule has 112 valence electrons. The molecule has 1 heterocycles. The van der Waals surface area contributed by atoms with Crippen molar-refractivity contribution in [1.29, 1.82) is 0 Å². The molecule has 1 N–H and O–H groups in total. The van der Waals surface area contributed by atoms with Crippen LogP contribution in [0.5, 0.6) is 0 Å². The number of rotatable bonds is 5. The molecule has 2 fully saturated rings. The van der Waals surface area contributed by atoms with Crippen LogP contribution in [0, 0.1) is 5.41 Å². The summed E-state index contributed by atoms with van der Waals surface area (Å²) in [4.78, 5) is 2.71. The van der Waals surface area contributed by atoms with E-state index in [9.17, 15) is 0 Å². The average molecular weight is 266 g/mol. The summed E-state index contributed by atoms with van der Waals surface area (Å²) >= 11 is 0. The molecule has 1 aliphatic heterocycles. The largest absolute Gasteiger partial charge is 0.314 e. The van der Waals surface area contributed by atoms with Gasteiger partial charge in [0, 0.05) is 5.54 Å². The number of likely N-dealkylation sites (tertiary alicyclic amines) is 1. The molecule has 0 aromatic rings. The molecule has 19 heavy (non-hydrogen) atoms. The molecule has 0 atom stereocenters. The molecule has 0 aromatic carbocycles. The third kappa shape index (κ3) is 3.95. The van der Waals surface area contributed by atoms with Crippen LogP contribution in [0.25, 0.3) is 0 Å². The van der Waals surface area contributed by atoms with Gasteiger partial charge in [0.15, 0.2) is 0 Å². The molecule has 0 aromatic heterocycles. The van der Waals surface area contributed by atoms with Crippen LogP contribution in [-0.2, 0) is 0 Å². The first kappa shape index (κ1) is 15.3. The maximum absolute atomic E-state index is 3.66. The molecular formula is C17H34N2. The van der Waals surface area contributed by atoms with E-state index in [2.05, 4.69) is 31.1 Å². The lowest BCUT2D eigenvalue weighted by molar-refractivity contribution is 0.0992. The highest BCUT2D eigenvalue weighted by Gasteiger charge is 2.32. The van der Waals surface area contributed by atoms with Gasteiger partial charge in [-0.2, -0.15) is 0 Å². The second-order valence-corrected chi connectivity index (χ2v) is 7.35. The minimum Gasteiger partial charge on any atom is -0.314 e. The van der Waals surface area contributed by atoms with Crippen molar-refractivity contribution >= 4 is 0 Å². The summed E-state index contributed by atoms with van der Waals surface area (Å²) in [5.41, 5.74) is 1.09. The van der Waals surface area contributed by atoms with Crippen molar-refractivity contribution in [3.05, 3.63) is 0 Å². The molecule has 2 heteroatoms. The molecule has 0 radical (unpaired) electrons. The van der Waals surface area contributed by atoms with E-state index in [0.717, 1.165) is 0 Å². The van der Waals surface area contributed by atoms with Gasteiger partial charge in [-0.15, -0.1) is 0 Å². The fourth-order valence-corrected chi connectivity index (χ4v) is 3.90. The van der Waals surface area contributed by atoms with Crippen LogP contribution in [-0.4, -0.2) is 37.1 Å². The van der Waals surface area contributed by atoms with Crippen LogP contribution >= 0.6 is 0 Å². The topological polar surface area (TPSA) is 15.3 Å². The van der Waals surface area contributed by atoms with Crippen LogP contribution in [0.15, 0.2) is 0 Å². The lowest BCUT2D eigenvalue weighted by atomic mass is 9.77. The summed E-state index contributed by atoms with van der Waals surface area (Å²) < 4.78 is 0. The lowest BCUT2D eigenvalue weighted by Gasteiger charge is -2.42. The molecule has 2 rings (SSSR count). The van der Waals surface area contributed by atoms with Crippen LogP contribution < -0.4 is 5.32 Å². The van der Waals surface area contributed by atoms with Gasteiger partial charge in [0.1, 0.15) is 0 Å². The normalized spacial score (nSPS) is 27.3. The molecule has 0 amide bonds. The molecule has 1 saturated carbocycles. The zero-order valence-corrected chi connectivity index (χ0v) is 13.4. The Morgan fingerprint density at radius 3 is 2.16 bits per heavy atom. The van der Waals surface area contributed by atoms with Crippen molar-refractivity contribution in [2.45, 2.75) is 77.2 Å². The summed E-state index contributed by atoms with van der Waals surface area (Å²) in [5.74, 6) is 0. The number of hydrogen-bond donors (Lipinski definition) is 1. The van der Waals surface area contributed by atoms with Gasteiger partial charge in [0.05, 0.1) is 0 Å². The number of piperidine rings is 1. The highest BCUT2D eigenvalue weighted by molar-refractivity contribution is 4.91. The molecule has 0 unspecified atom stereocenters. The molecule has 1 saturated heterocycles. The minimum atomic E-state index is 0.462. The minimum absolute atomic E-state index is 0.462. The fourth-order valence-electron chi connectivity index (χ4n) is 3.90. The smallest absolute Gasteiger partial charge is 0.0190 e. The van der Waals surface area contributed by atoms with Gasteiger partial charge in [-0.1, -0.05) is 39.5 Å². The van der Waals surface area contributed by atoms with E-state index >= 15 is 0 Å². The van der Waals surface area contributed by atoms with Crippen molar-refractivity contribution < 1.29 is 0 Å². The summed E-state index contributed by atoms with van der Waals surface area (Å²) in [7, 11) is 2.18. The van der Waals surface area contributed by atoms with Gasteiger partial charge < -0.3 is 10.2 Å². The van der Waals surface area contributed by atoms with E-state index in [1.165, 1.54) is 77.4 Å². The lowest BCUT2D eigenvalue weighted by Crippen LogP contribution is -2.48. The monoisotopic (exact) mass is 266 g/mol. The van der Waals surface area contributed by atoms with Crippen molar-refractivity contribution in [3.63, 3.8) is 0 Å². The van der Waals surface area contributed by atoms with E-state index in [4.69, 9.17) is 0 Å². The van der Waals surface area contributed by atoms with E-state index < -0.39 is 0 Å². The first-order chi connectivity index (χ1) is 9.11. The predicted octanol–water partition coefficient (Wildman–Crippen LogP) is 3.81. The Bertz CT molecular complexity index is 260. The number of hydrogen-bond acceptors (Lipinski definition) is 2. The Balaban J connectivity index is 1.76. The second-order valence-electron chi connectivity index (χ2n) is 7.35. The molecule has 0 spiro atoms. The SMILES string of the molecule is CCC1(C)CCN(CCC2(NC)CCCCC2)CC1. The maximum Gasteiger partial charge on any atom is 0.0190 e. The van der Waals surface area contributed by atoms with E-state index in [0.29, 0.717) is 11.0 Å². The van der Waals surface area contributed by atoms with E-state index in [1.807, 2.05) is 0 Å². The molecule has 1 aliphatic carbocycles. The van der Waals surface area contributed by atoms with E-state index in [1.54, 1.807) is 0 Å². The molecule has 0 bridgehead atoms. The van der Waals surface area contributed by atoms with Crippen molar-refractivity contribution in [2.75, 3.05) is 26.7 Å². The van der Waals surface area contributed by atoms with Crippen LogP contribution in [0.1, 0.15) is 71.6 Å². The zero-order valence-electron chi connectivity index (χ0n) is 13.4. The summed E-state index contributed by atoms with van der Waals surface area (Å²) in [6.45, 7) is 8.78. The summed E-state index contributed by atoms with van der Waals surface area (Å²) in [6, 6.07) is 0. The molecule has 2 nitrogen and oxygen atoms in total. The van der Waals surface area contributed by atoms with Gasteiger partial charge in [-0.3, -0.25) is 0 Å². The first-order valence-corrected chi connectivity index (χ1v) is 8.53. The zero-order chi connectivity index (χ0) is 13.8. The Morgan fingerprint density at radius 1 is 1.00 bits per heavy atom. The highest BCUT2D eigenvalue weighted by Crippen LogP contribution is 2.35. The first-order valence-electron chi connectivity index (χ1n) is 8.53. The van der Waals surface area contributed by atoms with Gasteiger partial charge in [0.2, 0.25) is 0 Å². The summed E-state index contributed by atoms with van der Waals surface area (Å²) in [5, 5.41) is 3.66. The van der Waals surface area contributed by atoms with Gasteiger partial charge in [-0.05, 0) is 64.2 Å². The third-order valence-electron chi connectivity index (χ3n) is 6.16. The quantitative estimate of drug-likeness (QED) is 0.814. The van der Waals surface area contributed by atoms with Crippen LogP contribution in [0.3, 0.4) is 0 Å². The van der Waals surface area contributed by atoms with Crippen LogP contribution in [0.4, 0.5) is 0 Å². The Kier molecular flexibility index (Phi) is 5.30. The average Bonchev–Trinajstić information content (AvgIpc) is 2.48. The van der Waals surface area contributed by atoms with Crippen molar-refractivity contribution in [2.24, 2.45) is 5.41 Å². The molecular weight excluding hydrogens is 232 g/mol. The predicted molar refractivity (Wildman–Crippen MR) is 83.6 cm³/mol. The van der Waals surface area contributed by atoms with E-state index in [-0.39, 0.29) is 0 Å². The standard InChI is InChI=1S/C17H34N2/c1-4-16(2)10-13-19(14-11-16)15-12-17(18-3)8-6-5-7-9-17/h18H,4-15H2,1-3H3.